The van der Waals surface area contributed by atoms with Gasteiger partial charge in [-0.15, -0.1) is 0 Å². The Balaban J connectivity index is 1.78. The van der Waals surface area contributed by atoms with E-state index in [1.807, 2.05) is 0 Å². The minimum absolute atomic E-state index is 0.108. The second-order valence-corrected chi connectivity index (χ2v) is 6.69. The first-order valence-corrected chi connectivity index (χ1v) is 8.57. The van der Waals surface area contributed by atoms with E-state index in [2.05, 4.69) is 16.0 Å². The Hall–Kier alpha value is -2.88. The minimum atomic E-state index is -1.19. The van der Waals surface area contributed by atoms with Gasteiger partial charge in [0.05, 0.1) is 6.54 Å². The molecule has 9 nitrogen and oxygen atoms in total. The number of imide groups is 1. The summed E-state index contributed by atoms with van der Waals surface area (Å²) in [5, 5.41) is 14.6. The van der Waals surface area contributed by atoms with E-state index in [-0.39, 0.29) is 12.8 Å². The number of rotatable bonds is 8. The van der Waals surface area contributed by atoms with Gasteiger partial charge in [-0.25, -0.2) is 4.79 Å². The van der Waals surface area contributed by atoms with Crippen LogP contribution in [-0.4, -0.2) is 51.9 Å². The zero-order valence-electron chi connectivity index (χ0n) is 13.6. The highest BCUT2D eigenvalue weighted by atomic mass is 32.2. The summed E-state index contributed by atoms with van der Waals surface area (Å²) in [5.41, 5.74) is 0.748. The summed E-state index contributed by atoms with van der Waals surface area (Å²) in [7, 11) is 0. The topological polar surface area (TPSA) is 142 Å². The Bertz CT molecular complexity index is 724. The van der Waals surface area contributed by atoms with Crippen LogP contribution in [-0.2, 0) is 25.6 Å². The van der Waals surface area contributed by atoms with Crippen LogP contribution in [0.1, 0.15) is 12.0 Å². The fourth-order valence-electron chi connectivity index (χ4n) is 2.24. The Morgan fingerprint density at radius 1 is 1.15 bits per heavy atom. The number of aliphatic carboxylic acids is 1. The number of carbonyl (C=O) groups excluding carboxylic acids is 4. The second kappa shape index (κ2) is 8.99. The zero-order valence-corrected chi connectivity index (χ0v) is 14.4. The number of thioether (sulfide) groups is 1. The van der Waals surface area contributed by atoms with Gasteiger partial charge in [-0.3, -0.25) is 24.5 Å². The molecule has 4 amide bonds. The number of hydrogen-bond donors (Lipinski definition) is 4. The summed E-state index contributed by atoms with van der Waals surface area (Å²) in [6, 6.07) is 7.68. The third kappa shape index (κ3) is 5.88. The maximum absolute atomic E-state index is 11.9. The lowest BCUT2D eigenvalue weighted by Crippen LogP contribution is -2.46. The molecule has 2 atom stereocenters. The summed E-state index contributed by atoms with van der Waals surface area (Å²) in [5.74, 6) is -2.99. The highest BCUT2D eigenvalue weighted by Gasteiger charge is 2.33. The molecule has 1 heterocycles. The maximum Gasteiger partial charge on any atom is 0.326 e. The van der Waals surface area contributed by atoms with Crippen molar-refractivity contribution in [1.29, 1.82) is 0 Å². The molecule has 1 aliphatic rings. The molecule has 1 saturated heterocycles. The van der Waals surface area contributed by atoms with E-state index >= 15 is 0 Å². The average Bonchev–Trinajstić information content (AvgIpc) is 2.90. The molecule has 0 spiro atoms. The second-order valence-electron chi connectivity index (χ2n) is 5.51. The van der Waals surface area contributed by atoms with Crippen LogP contribution in [0.5, 0.6) is 0 Å². The smallest absolute Gasteiger partial charge is 0.326 e. The number of carboxylic acids is 1. The third-order valence-corrected chi connectivity index (χ3v) is 4.48. The lowest BCUT2D eigenvalue weighted by molar-refractivity contribution is -0.141. The largest absolute Gasteiger partial charge is 0.480 e. The van der Waals surface area contributed by atoms with Gasteiger partial charge in [0.1, 0.15) is 11.3 Å². The van der Waals surface area contributed by atoms with Crippen LogP contribution in [0.4, 0.5) is 4.79 Å². The maximum atomic E-state index is 11.9. The van der Waals surface area contributed by atoms with E-state index in [1.54, 1.807) is 30.3 Å². The van der Waals surface area contributed by atoms with E-state index < -0.39 is 46.8 Å². The average molecular weight is 379 g/mol. The standard InChI is InChI=1S/C16H17N3O6S/c20-12(7-11-14(22)19-16(25)26-11)17-8-13(21)18-10(15(23)24)6-9-4-2-1-3-5-9/h1-5,10-11H,6-8H2,(H,17,20)(H,18,21)(H,23,24)(H,19,22,25)/t10-,11?/m0/s1. The van der Waals surface area contributed by atoms with Gasteiger partial charge in [-0.05, 0) is 5.56 Å². The summed E-state index contributed by atoms with van der Waals surface area (Å²) in [4.78, 5) is 57.3. The van der Waals surface area contributed by atoms with Crippen molar-refractivity contribution in [2.45, 2.75) is 24.1 Å². The lowest BCUT2D eigenvalue weighted by Gasteiger charge is -2.15. The number of amides is 4. The molecule has 1 fully saturated rings. The van der Waals surface area contributed by atoms with Crippen molar-refractivity contribution in [2.75, 3.05) is 6.54 Å². The number of benzene rings is 1. The van der Waals surface area contributed by atoms with Gasteiger partial charge in [0.25, 0.3) is 5.24 Å². The molecule has 4 N–H and O–H groups in total. The van der Waals surface area contributed by atoms with Gasteiger partial charge in [-0.2, -0.15) is 0 Å². The minimum Gasteiger partial charge on any atom is -0.480 e. The van der Waals surface area contributed by atoms with Crippen LogP contribution in [0.2, 0.25) is 0 Å². The van der Waals surface area contributed by atoms with E-state index in [0.29, 0.717) is 11.8 Å². The first-order chi connectivity index (χ1) is 12.3. The van der Waals surface area contributed by atoms with Gasteiger partial charge >= 0.3 is 5.97 Å². The van der Waals surface area contributed by atoms with Crippen LogP contribution >= 0.6 is 11.8 Å². The molecule has 138 valence electrons. The molecule has 1 aromatic carbocycles. The number of nitrogens with one attached hydrogen (secondary N) is 3. The Kier molecular flexibility index (Phi) is 6.73. The van der Waals surface area contributed by atoms with E-state index in [9.17, 15) is 29.1 Å². The predicted octanol–water partition coefficient (Wildman–Crippen LogP) is -0.344. The normalized spacial score (nSPS) is 17.3. The van der Waals surface area contributed by atoms with Gasteiger partial charge in [0.15, 0.2) is 0 Å². The highest BCUT2D eigenvalue weighted by Crippen LogP contribution is 2.21. The Morgan fingerprint density at radius 2 is 1.85 bits per heavy atom. The molecule has 0 bridgehead atoms. The van der Waals surface area contributed by atoms with Gasteiger partial charge in [0.2, 0.25) is 17.7 Å². The van der Waals surface area contributed by atoms with Crippen LogP contribution in [0.15, 0.2) is 30.3 Å². The first-order valence-electron chi connectivity index (χ1n) is 7.69. The molecule has 2 rings (SSSR count). The van der Waals surface area contributed by atoms with E-state index in [1.165, 1.54) is 0 Å². The Labute approximate surface area is 152 Å². The fourth-order valence-corrected chi connectivity index (χ4v) is 3.06. The Morgan fingerprint density at radius 3 is 2.42 bits per heavy atom. The van der Waals surface area contributed by atoms with Crippen LogP contribution in [0, 0.1) is 0 Å². The van der Waals surface area contributed by atoms with Crippen LogP contribution in [0.25, 0.3) is 0 Å². The van der Waals surface area contributed by atoms with Crippen molar-refractivity contribution < 1.29 is 29.1 Å². The van der Waals surface area contributed by atoms with E-state index in [4.69, 9.17) is 0 Å². The van der Waals surface area contributed by atoms with Crippen molar-refractivity contribution in [3.8, 4) is 0 Å². The van der Waals surface area contributed by atoms with E-state index in [0.717, 1.165) is 5.56 Å². The van der Waals surface area contributed by atoms with Gasteiger partial charge in [0, 0.05) is 12.8 Å². The molecule has 0 saturated carbocycles. The highest BCUT2D eigenvalue weighted by molar-refractivity contribution is 8.15. The quantitative estimate of drug-likeness (QED) is 0.484. The molecular formula is C16H17N3O6S. The number of hydrogen-bond acceptors (Lipinski definition) is 6. The molecule has 0 aromatic heterocycles. The summed E-state index contributed by atoms with van der Waals surface area (Å²) in [6.07, 6.45) is -0.140. The van der Waals surface area contributed by atoms with Crippen LogP contribution < -0.4 is 16.0 Å². The molecule has 0 radical (unpaired) electrons. The molecule has 1 unspecified atom stereocenters. The molecule has 1 aromatic rings. The van der Waals surface area contributed by atoms with Crippen molar-refractivity contribution >= 4 is 40.7 Å². The SMILES string of the molecule is O=C(CC1SC(=O)NC1=O)NCC(=O)N[C@@H](Cc1ccccc1)C(=O)O. The molecular weight excluding hydrogens is 362 g/mol. The molecule has 10 heteroatoms. The summed E-state index contributed by atoms with van der Waals surface area (Å²) in [6.45, 7) is -0.426. The van der Waals surface area contributed by atoms with Gasteiger partial charge in [-0.1, -0.05) is 42.1 Å². The molecule has 26 heavy (non-hydrogen) atoms. The predicted molar refractivity (Wildman–Crippen MR) is 92.3 cm³/mol. The molecule has 0 aliphatic carbocycles. The van der Waals surface area contributed by atoms with Gasteiger partial charge < -0.3 is 15.7 Å². The summed E-state index contributed by atoms with van der Waals surface area (Å²) < 4.78 is 0. The van der Waals surface area contributed by atoms with Crippen molar-refractivity contribution in [2.24, 2.45) is 0 Å². The monoisotopic (exact) mass is 379 g/mol. The fraction of sp³-hybridized carbons (Fsp3) is 0.312. The van der Waals surface area contributed by atoms with Crippen molar-refractivity contribution in [3.05, 3.63) is 35.9 Å². The number of carboxylic acid groups (broad SMARTS) is 1. The van der Waals surface area contributed by atoms with Crippen molar-refractivity contribution in [3.63, 3.8) is 0 Å². The third-order valence-electron chi connectivity index (χ3n) is 3.50. The summed E-state index contributed by atoms with van der Waals surface area (Å²) >= 11 is 0.713. The molecule has 1 aliphatic heterocycles. The van der Waals surface area contributed by atoms with Crippen LogP contribution in [0.3, 0.4) is 0 Å². The zero-order chi connectivity index (χ0) is 19.1. The number of carbonyl (C=O) groups is 5. The van der Waals surface area contributed by atoms with Crippen molar-refractivity contribution in [1.82, 2.24) is 16.0 Å². The first kappa shape index (κ1) is 19.4. The lowest BCUT2D eigenvalue weighted by atomic mass is 10.1.